The number of allylic oxidation sites excluding steroid dienone is 1. The summed E-state index contributed by atoms with van der Waals surface area (Å²) in [6, 6.07) is 14.0. The Kier molecular flexibility index (Phi) is 4.20. The van der Waals surface area contributed by atoms with E-state index >= 15 is 0 Å². The van der Waals surface area contributed by atoms with E-state index in [-0.39, 0.29) is 5.82 Å². The van der Waals surface area contributed by atoms with Crippen molar-refractivity contribution in [1.82, 2.24) is 5.32 Å². The van der Waals surface area contributed by atoms with E-state index in [0.717, 1.165) is 24.3 Å². The summed E-state index contributed by atoms with van der Waals surface area (Å²) in [5.74, 6) is 1.13. The van der Waals surface area contributed by atoms with Gasteiger partial charge in [-0.3, -0.25) is 0 Å². The molecule has 2 aromatic rings. The zero-order chi connectivity index (χ0) is 14.5. The quantitative estimate of drug-likeness (QED) is 0.879. The van der Waals surface area contributed by atoms with E-state index in [4.69, 9.17) is 4.74 Å². The molecule has 0 spiro atoms. The van der Waals surface area contributed by atoms with Gasteiger partial charge in [0, 0.05) is 12.2 Å². The average Bonchev–Trinajstić information content (AvgIpc) is 2.51. The lowest BCUT2D eigenvalue weighted by Crippen LogP contribution is -2.19. The molecule has 3 heteroatoms. The van der Waals surface area contributed by atoms with Gasteiger partial charge in [0.25, 0.3) is 0 Å². The fourth-order valence-electron chi connectivity index (χ4n) is 2.41. The Balaban J connectivity index is 1.75. The van der Waals surface area contributed by atoms with Crippen LogP contribution in [0.5, 0.6) is 11.5 Å². The Morgan fingerprint density at radius 1 is 1.00 bits per heavy atom. The Morgan fingerprint density at radius 2 is 1.86 bits per heavy atom. The van der Waals surface area contributed by atoms with Crippen molar-refractivity contribution in [2.45, 2.75) is 19.3 Å². The number of rotatable bonds is 3. The summed E-state index contributed by atoms with van der Waals surface area (Å²) < 4.78 is 18.6. The third-order valence-corrected chi connectivity index (χ3v) is 3.47. The zero-order valence-electron chi connectivity index (χ0n) is 11.8. The zero-order valence-corrected chi connectivity index (χ0v) is 11.8. The van der Waals surface area contributed by atoms with Crippen molar-refractivity contribution in [1.29, 1.82) is 0 Å². The molecule has 2 nitrogen and oxygen atoms in total. The van der Waals surface area contributed by atoms with Crippen molar-refractivity contribution in [3.05, 3.63) is 65.6 Å². The van der Waals surface area contributed by atoms with E-state index in [1.54, 1.807) is 12.1 Å². The largest absolute Gasteiger partial charge is 0.457 e. The number of hydrogen-bond donors (Lipinski definition) is 1. The van der Waals surface area contributed by atoms with Crippen LogP contribution in [-0.2, 0) is 0 Å². The van der Waals surface area contributed by atoms with Crippen LogP contribution in [-0.4, -0.2) is 6.54 Å². The van der Waals surface area contributed by atoms with Crippen molar-refractivity contribution in [3.8, 4) is 11.5 Å². The van der Waals surface area contributed by atoms with Gasteiger partial charge in [-0.05, 0) is 67.3 Å². The van der Waals surface area contributed by atoms with Gasteiger partial charge in [-0.25, -0.2) is 4.39 Å². The van der Waals surface area contributed by atoms with Crippen LogP contribution in [0.15, 0.2) is 54.2 Å². The van der Waals surface area contributed by atoms with Crippen LogP contribution in [0.3, 0.4) is 0 Å². The van der Waals surface area contributed by atoms with Gasteiger partial charge in [0.15, 0.2) is 0 Å². The van der Waals surface area contributed by atoms with Crippen molar-refractivity contribution >= 4 is 6.08 Å². The fourth-order valence-corrected chi connectivity index (χ4v) is 2.41. The molecule has 0 radical (unpaired) electrons. The number of benzene rings is 2. The lowest BCUT2D eigenvalue weighted by atomic mass is 10.1. The highest BCUT2D eigenvalue weighted by atomic mass is 19.1. The van der Waals surface area contributed by atoms with Crippen molar-refractivity contribution in [2.24, 2.45) is 0 Å². The van der Waals surface area contributed by atoms with Crippen LogP contribution >= 0.6 is 0 Å². The van der Waals surface area contributed by atoms with Crippen molar-refractivity contribution < 1.29 is 9.13 Å². The molecule has 0 bridgehead atoms. The Hall–Kier alpha value is -2.29. The fraction of sp³-hybridized carbons (Fsp3) is 0.222. The van der Waals surface area contributed by atoms with Crippen molar-refractivity contribution in [2.75, 3.05) is 6.54 Å². The Labute approximate surface area is 124 Å². The van der Waals surface area contributed by atoms with Gasteiger partial charge in [0.1, 0.15) is 17.3 Å². The number of nitrogens with one attached hydrogen (secondary N) is 1. The lowest BCUT2D eigenvalue weighted by molar-refractivity contribution is 0.480. The summed E-state index contributed by atoms with van der Waals surface area (Å²) in [5, 5.41) is 3.42. The molecule has 2 aromatic carbocycles. The molecule has 1 N–H and O–H groups in total. The van der Waals surface area contributed by atoms with Gasteiger partial charge in [0.05, 0.1) is 0 Å². The molecule has 1 aliphatic heterocycles. The molecule has 1 heterocycles. The Morgan fingerprint density at radius 3 is 2.62 bits per heavy atom. The minimum Gasteiger partial charge on any atom is -0.457 e. The van der Waals surface area contributed by atoms with Gasteiger partial charge in [0.2, 0.25) is 0 Å². The highest BCUT2D eigenvalue weighted by Gasteiger charge is 2.04. The molecule has 0 atom stereocenters. The van der Waals surface area contributed by atoms with E-state index < -0.39 is 0 Å². The van der Waals surface area contributed by atoms with Gasteiger partial charge >= 0.3 is 0 Å². The second-order valence-electron chi connectivity index (χ2n) is 5.18. The van der Waals surface area contributed by atoms with E-state index in [1.165, 1.54) is 30.7 Å². The van der Waals surface area contributed by atoms with Gasteiger partial charge in [-0.1, -0.05) is 12.1 Å². The minimum absolute atomic E-state index is 0.260. The molecule has 3 rings (SSSR count). The predicted molar refractivity (Wildman–Crippen MR) is 82.7 cm³/mol. The third-order valence-electron chi connectivity index (χ3n) is 3.47. The molecular formula is C18H18FNO. The minimum atomic E-state index is -0.260. The molecular weight excluding hydrogens is 265 g/mol. The molecule has 0 amide bonds. The van der Waals surface area contributed by atoms with Gasteiger partial charge in [-0.2, -0.15) is 0 Å². The van der Waals surface area contributed by atoms with E-state index in [2.05, 4.69) is 17.5 Å². The predicted octanol–water partition coefficient (Wildman–Crippen LogP) is 4.73. The first-order valence-electron chi connectivity index (χ1n) is 7.27. The molecule has 0 aliphatic carbocycles. The van der Waals surface area contributed by atoms with Crippen LogP contribution in [0.2, 0.25) is 0 Å². The monoisotopic (exact) mass is 283 g/mol. The van der Waals surface area contributed by atoms with Gasteiger partial charge in [-0.15, -0.1) is 0 Å². The Bertz CT molecular complexity index is 626. The summed E-state index contributed by atoms with van der Waals surface area (Å²) in [6.45, 7) is 1.05. The second kappa shape index (κ2) is 6.44. The summed E-state index contributed by atoms with van der Waals surface area (Å²) in [6.07, 6.45) is 5.75. The summed E-state index contributed by atoms with van der Waals surface area (Å²) in [5.41, 5.74) is 2.39. The molecule has 21 heavy (non-hydrogen) atoms. The molecule has 0 unspecified atom stereocenters. The maximum absolute atomic E-state index is 12.9. The first kappa shape index (κ1) is 13.7. The highest BCUT2D eigenvalue weighted by Crippen LogP contribution is 2.24. The smallest absolute Gasteiger partial charge is 0.128 e. The van der Waals surface area contributed by atoms with Crippen LogP contribution < -0.4 is 10.1 Å². The molecule has 1 aliphatic rings. The van der Waals surface area contributed by atoms with E-state index in [1.807, 2.05) is 18.2 Å². The lowest BCUT2D eigenvalue weighted by Gasteiger charge is -2.16. The van der Waals surface area contributed by atoms with Crippen molar-refractivity contribution in [3.63, 3.8) is 0 Å². The van der Waals surface area contributed by atoms with E-state index in [0.29, 0.717) is 5.75 Å². The first-order valence-corrected chi connectivity index (χ1v) is 7.27. The standard InChI is InChI=1S/C18H18FNO/c19-15-7-9-17(10-8-15)21-18-6-3-4-14(13-18)12-16-5-1-2-11-20-16/h3-4,6-10,12-13,20H,1-2,5,11H2/b16-12+. The highest BCUT2D eigenvalue weighted by molar-refractivity contribution is 5.55. The van der Waals surface area contributed by atoms with Crippen LogP contribution in [0.4, 0.5) is 4.39 Å². The average molecular weight is 283 g/mol. The third kappa shape index (κ3) is 3.85. The number of ether oxygens (including phenoxy) is 1. The topological polar surface area (TPSA) is 21.3 Å². The summed E-state index contributed by atoms with van der Waals surface area (Å²) in [7, 11) is 0. The maximum Gasteiger partial charge on any atom is 0.128 e. The number of halogens is 1. The normalized spacial score (nSPS) is 16.5. The molecule has 108 valence electrons. The number of hydrogen-bond acceptors (Lipinski definition) is 2. The van der Waals surface area contributed by atoms with Gasteiger partial charge < -0.3 is 10.1 Å². The first-order chi connectivity index (χ1) is 10.3. The number of piperidine rings is 1. The van der Waals surface area contributed by atoms with Crippen LogP contribution in [0.25, 0.3) is 6.08 Å². The molecule has 0 saturated carbocycles. The summed E-state index contributed by atoms with van der Waals surface area (Å²) >= 11 is 0. The van der Waals surface area contributed by atoms with Crippen LogP contribution in [0, 0.1) is 5.82 Å². The molecule has 0 aromatic heterocycles. The maximum atomic E-state index is 12.9. The molecule has 1 saturated heterocycles. The SMILES string of the molecule is Fc1ccc(Oc2cccc(/C=C3\CCCCN3)c2)cc1. The van der Waals surface area contributed by atoms with E-state index in [9.17, 15) is 4.39 Å². The van der Waals surface area contributed by atoms with Crippen LogP contribution in [0.1, 0.15) is 24.8 Å². The molecule has 1 fully saturated rings. The summed E-state index contributed by atoms with van der Waals surface area (Å²) in [4.78, 5) is 0. The second-order valence-corrected chi connectivity index (χ2v) is 5.18.